The molecule has 26 heavy (non-hydrogen) atoms. The number of hydrogen-bond acceptors (Lipinski definition) is 6. The first-order valence-electron chi connectivity index (χ1n) is 7.80. The van der Waals surface area contributed by atoms with Crippen molar-refractivity contribution < 1.29 is 9.47 Å². The summed E-state index contributed by atoms with van der Waals surface area (Å²) in [6, 6.07) is 6.89. The molecule has 0 aromatic carbocycles. The molecule has 0 amide bonds. The van der Waals surface area contributed by atoms with Crippen molar-refractivity contribution in [3.8, 4) is 23.6 Å². The van der Waals surface area contributed by atoms with Gasteiger partial charge in [0, 0.05) is 18.4 Å². The molecule has 8 nitrogen and oxygen atoms in total. The summed E-state index contributed by atoms with van der Waals surface area (Å²) >= 11 is 0. The summed E-state index contributed by atoms with van der Waals surface area (Å²) in [7, 11) is 2.86. The number of H-pyrrole nitrogens is 1. The molecule has 0 bridgehead atoms. The molecule has 0 aliphatic rings. The first kappa shape index (κ1) is 20.5. The molecule has 8 heteroatoms. The molecule has 1 N–H and O–H groups in total. The van der Waals surface area contributed by atoms with Crippen molar-refractivity contribution >= 4 is 0 Å². The summed E-state index contributed by atoms with van der Waals surface area (Å²) in [4.78, 5) is 25.1. The molecule has 2 aromatic heterocycles. The van der Waals surface area contributed by atoms with E-state index in [1.165, 1.54) is 26.5 Å². The van der Waals surface area contributed by atoms with Gasteiger partial charge in [0.05, 0.1) is 14.2 Å². The topological polar surface area (TPSA) is 121 Å². The van der Waals surface area contributed by atoms with Crippen LogP contribution in [0, 0.1) is 22.7 Å². The Hall–Kier alpha value is -3.52. The Kier molecular flexibility index (Phi) is 7.66. The minimum absolute atomic E-state index is 0.00926. The zero-order valence-electron chi connectivity index (χ0n) is 15.1. The van der Waals surface area contributed by atoms with Crippen molar-refractivity contribution in [1.82, 2.24) is 9.55 Å². The lowest BCUT2D eigenvalue weighted by Crippen LogP contribution is -2.25. The number of methoxy groups -OCH3 is 2. The van der Waals surface area contributed by atoms with Crippen molar-refractivity contribution in [2.45, 2.75) is 26.3 Å². The van der Waals surface area contributed by atoms with E-state index in [1.807, 2.05) is 19.9 Å². The minimum Gasteiger partial charge on any atom is -0.495 e. The summed E-state index contributed by atoms with van der Waals surface area (Å²) in [6.45, 7) is 3.93. The smallest absolute Gasteiger partial charge is 0.272 e. The number of hydrogen-bond donors (Lipinski definition) is 1. The molecule has 0 spiro atoms. The number of ether oxygens (including phenoxy) is 2. The SMILES string of the molecule is CCC(C)n1ccc(OC)c(C#N)c1=O.COc1cc[nH]c(=O)c1C#N. The van der Waals surface area contributed by atoms with Gasteiger partial charge in [0.2, 0.25) is 0 Å². The molecule has 2 rings (SSSR count). The van der Waals surface area contributed by atoms with E-state index in [1.54, 1.807) is 22.9 Å². The second-order valence-electron chi connectivity index (χ2n) is 5.20. The Bertz CT molecular complexity index is 947. The number of aromatic amines is 1. The summed E-state index contributed by atoms with van der Waals surface area (Å²) in [5, 5.41) is 17.3. The van der Waals surface area contributed by atoms with Crippen molar-refractivity contribution in [1.29, 1.82) is 10.5 Å². The molecule has 136 valence electrons. The highest BCUT2D eigenvalue weighted by Gasteiger charge is 2.12. The standard InChI is InChI=1S/C11H14N2O2.C7H6N2O2/c1-4-8(2)13-6-5-10(15-3)9(7-12)11(13)14;1-11-6-2-3-9-7(10)5(6)4-8/h5-6,8H,4H2,1-3H3;2-3H,1H3,(H,9,10). The summed E-state index contributed by atoms with van der Waals surface area (Å²) in [5.74, 6) is 0.637. The van der Waals surface area contributed by atoms with Crippen LogP contribution in [0.4, 0.5) is 0 Å². The molecule has 0 fully saturated rings. The molecule has 2 aromatic rings. The minimum atomic E-state index is -0.424. The van der Waals surface area contributed by atoms with Crippen LogP contribution in [0.2, 0.25) is 0 Å². The van der Waals surface area contributed by atoms with E-state index in [-0.39, 0.29) is 22.7 Å². The lowest BCUT2D eigenvalue weighted by atomic mass is 10.2. The maximum absolute atomic E-state index is 11.8. The Morgan fingerprint density at radius 1 is 1.12 bits per heavy atom. The fraction of sp³-hybridized carbons (Fsp3) is 0.333. The van der Waals surface area contributed by atoms with E-state index in [4.69, 9.17) is 20.0 Å². The average Bonchev–Trinajstić information content (AvgIpc) is 2.67. The van der Waals surface area contributed by atoms with Crippen LogP contribution in [0.25, 0.3) is 0 Å². The maximum atomic E-state index is 11.8. The van der Waals surface area contributed by atoms with Gasteiger partial charge in [-0.25, -0.2) is 0 Å². The molecular weight excluding hydrogens is 336 g/mol. The predicted octanol–water partition coefficient (Wildman–Crippen LogP) is 1.95. The average molecular weight is 356 g/mol. The Morgan fingerprint density at radius 2 is 1.69 bits per heavy atom. The Morgan fingerprint density at radius 3 is 2.15 bits per heavy atom. The van der Waals surface area contributed by atoms with Gasteiger partial charge in [-0.1, -0.05) is 6.92 Å². The molecule has 0 saturated heterocycles. The van der Waals surface area contributed by atoms with E-state index < -0.39 is 5.56 Å². The molecule has 1 unspecified atom stereocenters. The fourth-order valence-corrected chi connectivity index (χ4v) is 2.09. The number of pyridine rings is 2. The molecular formula is C18H20N4O4. The second kappa shape index (κ2) is 9.70. The number of rotatable bonds is 4. The van der Waals surface area contributed by atoms with Crippen molar-refractivity contribution in [3.05, 3.63) is 56.4 Å². The molecule has 0 radical (unpaired) electrons. The predicted molar refractivity (Wildman–Crippen MR) is 95.3 cm³/mol. The van der Waals surface area contributed by atoms with Gasteiger partial charge in [0.25, 0.3) is 11.1 Å². The highest BCUT2D eigenvalue weighted by atomic mass is 16.5. The maximum Gasteiger partial charge on any atom is 0.272 e. The molecule has 1 atom stereocenters. The van der Waals surface area contributed by atoms with Crippen LogP contribution in [0.1, 0.15) is 37.4 Å². The number of nitrogens with zero attached hydrogens (tertiary/aromatic N) is 3. The van der Waals surface area contributed by atoms with Crippen LogP contribution in [0.5, 0.6) is 11.5 Å². The van der Waals surface area contributed by atoms with E-state index in [9.17, 15) is 9.59 Å². The lowest BCUT2D eigenvalue weighted by Gasteiger charge is -2.13. The lowest BCUT2D eigenvalue weighted by molar-refractivity contribution is 0.408. The second-order valence-corrected chi connectivity index (χ2v) is 5.20. The van der Waals surface area contributed by atoms with Gasteiger partial charge in [-0.2, -0.15) is 10.5 Å². The van der Waals surface area contributed by atoms with Gasteiger partial charge >= 0.3 is 0 Å². The number of nitriles is 2. The van der Waals surface area contributed by atoms with Gasteiger partial charge in [-0.05, 0) is 25.5 Å². The quantitative estimate of drug-likeness (QED) is 0.894. The molecule has 0 aliphatic carbocycles. The largest absolute Gasteiger partial charge is 0.495 e. The van der Waals surface area contributed by atoms with Crippen LogP contribution in [0.15, 0.2) is 34.1 Å². The number of nitrogens with one attached hydrogen (secondary N) is 1. The van der Waals surface area contributed by atoms with Crippen LogP contribution in [0.3, 0.4) is 0 Å². The summed E-state index contributed by atoms with van der Waals surface area (Å²) < 4.78 is 11.3. The Balaban J connectivity index is 0.000000273. The zero-order chi connectivity index (χ0) is 19.7. The van der Waals surface area contributed by atoms with Gasteiger partial charge in [-0.15, -0.1) is 0 Å². The molecule has 2 heterocycles. The van der Waals surface area contributed by atoms with E-state index in [0.717, 1.165) is 6.42 Å². The van der Waals surface area contributed by atoms with Gasteiger partial charge in [-0.3, -0.25) is 9.59 Å². The third-order valence-electron chi connectivity index (χ3n) is 3.73. The third kappa shape index (κ3) is 4.52. The Labute approximate surface area is 150 Å². The fourth-order valence-electron chi connectivity index (χ4n) is 2.09. The third-order valence-corrected chi connectivity index (χ3v) is 3.73. The van der Waals surface area contributed by atoms with Crippen molar-refractivity contribution in [3.63, 3.8) is 0 Å². The van der Waals surface area contributed by atoms with E-state index in [2.05, 4.69) is 4.98 Å². The van der Waals surface area contributed by atoms with E-state index in [0.29, 0.717) is 11.5 Å². The van der Waals surface area contributed by atoms with Crippen molar-refractivity contribution in [2.24, 2.45) is 0 Å². The van der Waals surface area contributed by atoms with Gasteiger partial charge in [0.1, 0.15) is 23.6 Å². The summed E-state index contributed by atoms with van der Waals surface area (Å²) in [5.41, 5.74) is -0.631. The van der Waals surface area contributed by atoms with Crippen LogP contribution >= 0.6 is 0 Å². The molecule has 0 saturated carbocycles. The zero-order valence-corrected chi connectivity index (χ0v) is 15.1. The van der Waals surface area contributed by atoms with Gasteiger partial charge in [0.15, 0.2) is 11.1 Å². The highest BCUT2D eigenvalue weighted by molar-refractivity contribution is 5.41. The monoisotopic (exact) mass is 356 g/mol. The first-order chi connectivity index (χ1) is 12.4. The van der Waals surface area contributed by atoms with Crippen LogP contribution in [-0.4, -0.2) is 23.8 Å². The van der Waals surface area contributed by atoms with Crippen LogP contribution < -0.4 is 20.6 Å². The van der Waals surface area contributed by atoms with Crippen molar-refractivity contribution in [2.75, 3.05) is 14.2 Å². The van der Waals surface area contributed by atoms with E-state index >= 15 is 0 Å². The number of aromatic nitrogens is 2. The van der Waals surface area contributed by atoms with Gasteiger partial charge < -0.3 is 19.0 Å². The van der Waals surface area contributed by atoms with Crippen LogP contribution in [-0.2, 0) is 0 Å². The summed E-state index contributed by atoms with van der Waals surface area (Å²) in [6.07, 6.45) is 3.94. The first-order valence-corrected chi connectivity index (χ1v) is 7.80. The highest BCUT2D eigenvalue weighted by Crippen LogP contribution is 2.15. The molecule has 0 aliphatic heterocycles. The normalized spacial score (nSPS) is 10.5.